The van der Waals surface area contributed by atoms with Gasteiger partial charge in [0.1, 0.15) is 11.5 Å². The number of hydrogen-bond acceptors (Lipinski definition) is 4. The molecule has 1 rings (SSSR count). The van der Waals surface area contributed by atoms with Gasteiger partial charge >= 0.3 is 0 Å². The molecule has 0 fully saturated rings. The Balaban J connectivity index is 3.26. The number of likely N-dealkylation sites (N-methyl/N-ethyl adjacent to an activating group) is 1. The van der Waals surface area contributed by atoms with Crippen LogP contribution in [0.2, 0.25) is 0 Å². The second kappa shape index (κ2) is 6.61. The third-order valence-corrected chi connectivity index (χ3v) is 3.36. The number of hydrogen-bond donors (Lipinski definition) is 1. The van der Waals surface area contributed by atoms with E-state index in [0.29, 0.717) is 6.54 Å². The van der Waals surface area contributed by atoms with Gasteiger partial charge in [-0.1, -0.05) is 6.92 Å². The van der Waals surface area contributed by atoms with Crippen LogP contribution in [-0.4, -0.2) is 39.3 Å². The van der Waals surface area contributed by atoms with Crippen LogP contribution in [0.15, 0.2) is 12.1 Å². The number of methoxy groups -OCH3 is 2. The van der Waals surface area contributed by atoms with Gasteiger partial charge in [0.2, 0.25) is 0 Å². The smallest absolute Gasteiger partial charge is 0.124 e. The summed E-state index contributed by atoms with van der Waals surface area (Å²) in [5.74, 6) is 1.73. The minimum absolute atomic E-state index is 0.138. The number of benzene rings is 1. The zero-order valence-electron chi connectivity index (χ0n) is 12.0. The van der Waals surface area contributed by atoms with Crippen molar-refractivity contribution in [3.8, 4) is 11.5 Å². The van der Waals surface area contributed by atoms with Gasteiger partial charge in [-0.25, -0.2) is 0 Å². The van der Waals surface area contributed by atoms with Crippen LogP contribution in [0.3, 0.4) is 0 Å². The van der Waals surface area contributed by atoms with E-state index in [4.69, 9.17) is 15.2 Å². The van der Waals surface area contributed by atoms with Crippen LogP contribution in [0.5, 0.6) is 11.5 Å². The van der Waals surface area contributed by atoms with Crippen molar-refractivity contribution in [2.45, 2.75) is 19.9 Å². The topological polar surface area (TPSA) is 47.7 Å². The van der Waals surface area contributed by atoms with Gasteiger partial charge in [-0.3, -0.25) is 4.90 Å². The van der Waals surface area contributed by atoms with Crippen molar-refractivity contribution in [2.24, 2.45) is 5.73 Å². The first-order valence-electron chi connectivity index (χ1n) is 6.21. The molecule has 0 amide bonds. The summed E-state index contributed by atoms with van der Waals surface area (Å²) < 4.78 is 10.8. The Labute approximate surface area is 110 Å². The second-order valence-electron chi connectivity index (χ2n) is 4.39. The van der Waals surface area contributed by atoms with Gasteiger partial charge in [-0.15, -0.1) is 0 Å². The van der Waals surface area contributed by atoms with E-state index in [2.05, 4.69) is 18.9 Å². The fourth-order valence-electron chi connectivity index (χ4n) is 2.10. The van der Waals surface area contributed by atoms with Gasteiger partial charge in [0.05, 0.1) is 20.3 Å². The van der Waals surface area contributed by atoms with E-state index in [1.54, 1.807) is 14.2 Å². The molecule has 4 heteroatoms. The average molecular weight is 252 g/mol. The van der Waals surface area contributed by atoms with Crippen LogP contribution in [0, 0.1) is 6.92 Å². The molecule has 0 saturated heterocycles. The Kier molecular flexibility index (Phi) is 5.44. The largest absolute Gasteiger partial charge is 0.496 e. The molecular formula is C14H24N2O2. The van der Waals surface area contributed by atoms with Gasteiger partial charge in [0.25, 0.3) is 0 Å². The van der Waals surface area contributed by atoms with E-state index in [1.165, 1.54) is 0 Å². The lowest BCUT2D eigenvalue weighted by Crippen LogP contribution is -2.30. The van der Waals surface area contributed by atoms with Crippen LogP contribution in [0.4, 0.5) is 0 Å². The molecule has 0 aliphatic rings. The molecular weight excluding hydrogens is 228 g/mol. The zero-order valence-corrected chi connectivity index (χ0v) is 12.0. The summed E-state index contributed by atoms with van der Waals surface area (Å²) >= 11 is 0. The molecule has 0 aliphatic heterocycles. The van der Waals surface area contributed by atoms with Crippen LogP contribution >= 0.6 is 0 Å². The maximum absolute atomic E-state index is 5.90. The fourth-order valence-corrected chi connectivity index (χ4v) is 2.10. The second-order valence-corrected chi connectivity index (χ2v) is 4.39. The van der Waals surface area contributed by atoms with Crippen molar-refractivity contribution in [1.29, 1.82) is 0 Å². The normalized spacial score (nSPS) is 12.6. The molecule has 0 aromatic heterocycles. The van der Waals surface area contributed by atoms with Crippen molar-refractivity contribution >= 4 is 0 Å². The molecule has 4 nitrogen and oxygen atoms in total. The van der Waals surface area contributed by atoms with Crippen LogP contribution in [0.25, 0.3) is 0 Å². The summed E-state index contributed by atoms with van der Waals surface area (Å²) in [6.07, 6.45) is 0. The lowest BCUT2D eigenvalue weighted by molar-refractivity contribution is 0.255. The summed E-state index contributed by atoms with van der Waals surface area (Å²) in [4.78, 5) is 2.20. The summed E-state index contributed by atoms with van der Waals surface area (Å²) in [5.41, 5.74) is 8.04. The van der Waals surface area contributed by atoms with E-state index < -0.39 is 0 Å². The Bertz CT molecular complexity index is 394. The molecule has 1 aromatic rings. The number of aryl methyl sites for hydroxylation is 1. The predicted molar refractivity (Wildman–Crippen MR) is 74.4 cm³/mol. The highest BCUT2D eigenvalue weighted by atomic mass is 16.5. The minimum Gasteiger partial charge on any atom is -0.496 e. The molecule has 1 aromatic carbocycles. The van der Waals surface area contributed by atoms with E-state index in [0.717, 1.165) is 29.2 Å². The van der Waals surface area contributed by atoms with E-state index in [-0.39, 0.29) is 6.04 Å². The van der Waals surface area contributed by atoms with E-state index >= 15 is 0 Å². The summed E-state index contributed by atoms with van der Waals surface area (Å²) in [5, 5.41) is 0. The van der Waals surface area contributed by atoms with Crippen molar-refractivity contribution < 1.29 is 9.47 Å². The maximum Gasteiger partial charge on any atom is 0.124 e. The first-order chi connectivity index (χ1) is 8.58. The molecule has 0 heterocycles. The molecule has 1 unspecified atom stereocenters. The number of ether oxygens (including phenoxy) is 2. The van der Waals surface area contributed by atoms with E-state index in [1.807, 2.05) is 19.1 Å². The van der Waals surface area contributed by atoms with Gasteiger partial charge < -0.3 is 15.2 Å². The fraction of sp³-hybridized carbons (Fsp3) is 0.571. The van der Waals surface area contributed by atoms with E-state index in [9.17, 15) is 0 Å². The molecule has 102 valence electrons. The molecule has 2 N–H and O–H groups in total. The maximum atomic E-state index is 5.90. The molecule has 0 bridgehead atoms. The van der Waals surface area contributed by atoms with Crippen molar-refractivity contribution in [3.05, 3.63) is 23.3 Å². The first kappa shape index (κ1) is 14.8. The summed E-state index contributed by atoms with van der Waals surface area (Å²) in [7, 11) is 5.42. The highest BCUT2D eigenvalue weighted by Crippen LogP contribution is 2.34. The van der Waals surface area contributed by atoms with Crippen LogP contribution in [0.1, 0.15) is 24.1 Å². The quantitative estimate of drug-likeness (QED) is 0.841. The summed E-state index contributed by atoms with van der Waals surface area (Å²) in [6.45, 7) is 5.60. The van der Waals surface area contributed by atoms with Gasteiger partial charge in [-0.2, -0.15) is 0 Å². The first-order valence-corrected chi connectivity index (χ1v) is 6.21. The van der Waals surface area contributed by atoms with Crippen molar-refractivity contribution in [2.75, 3.05) is 34.4 Å². The average Bonchev–Trinajstić information content (AvgIpc) is 2.40. The molecule has 1 atom stereocenters. The molecule has 18 heavy (non-hydrogen) atoms. The van der Waals surface area contributed by atoms with Gasteiger partial charge in [-0.05, 0) is 38.2 Å². The Morgan fingerprint density at radius 1 is 1.22 bits per heavy atom. The van der Waals surface area contributed by atoms with Crippen LogP contribution < -0.4 is 15.2 Å². The molecule has 0 saturated carbocycles. The molecule has 0 radical (unpaired) electrons. The molecule has 0 spiro atoms. The highest BCUT2D eigenvalue weighted by molar-refractivity contribution is 5.47. The minimum atomic E-state index is 0.138. The van der Waals surface area contributed by atoms with Crippen molar-refractivity contribution in [1.82, 2.24) is 4.90 Å². The predicted octanol–water partition coefficient (Wildman–Crippen LogP) is 1.96. The Morgan fingerprint density at radius 2 is 1.83 bits per heavy atom. The standard InChI is InChI=1S/C14H24N2O2/c1-6-16(3)12(9-15)11-8-13(17-4)10(2)7-14(11)18-5/h7-8,12H,6,9,15H2,1-5H3. The Morgan fingerprint density at radius 3 is 2.28 bits per heavy atom. The number of nitrogens with zero attached hydrogens (tertiary/aromatic N) is 1. The van der Waals surface area contributed by atoms with Gasteiger partial charge in [0.15, 0.2) is 0 Å². The van der Waals surface area contributed by atoms with Gasteiger partial charge in [0, 0.05) is 12.1 Å². The third kappa shape index (κ3) is 2.94. The third-order valence-electron chi connectivity index (χ3n) is 3.36. The monoisotopic (exact) mass is 252 g/mol. The molecule has 0 aliphatic carbocycles. The number of nitrogens with two attached hydrogens (primary N) is 1. The zero-order chi connectivity index (χ0) is 13.7. The lowest BCUT2D eigenvalue weighted by atomic mass is 10.0. The lowest BCUT2D eigenvalue weighted by Gasteiger charge is -2.28. The number of rotatable bonds is 6. The Hall–Kier alpha value is -1.26. The van der Waals surface area contributed by atoms with Crippen LogP contribution in [-0.2, 0) is 0 Å². The summed E-state index contributed by atoms with van der Waals surface area (Å²) in [6, 6.07) is 4.16. The van der Waals surface area contributed by atoms with Crippen molar-refractivity contribution in [3.63, 3.8) is 0 Å². The SMILES string of the molecule is CCN(C)C(CN)c1cc(OC)c(C)cc1OC. The highest BCUT2D eigenvalue weighted by Gasteiger charge is 2.20.